The highest BCUT2D eigenvalue weighted by atomic mass is 16.3. The average Bonchev–Trinajstić information content (AvgIpc) is 3.08. The van der Waals surface area contributed by atoms with E-state index in [4.69, 9.17) is 4.42 Å². The van der Waals surface area contributed by atoms with Gasteiger partial charge in [-0.05, 0) is 51.8 Å². The number of rotatable bonds is 5. The van der Waals surface area contributed by atoms with Crippen LogP contribution in [0.3, 0.4) is 0 Å². The van der Waals surface area contributed by atoms with Crippen molar-refractivity contribution in [1.82, 2.24) is 10.2 Å². The number of furan rings is 1. The zero-order valence-corrected chi connectivity index (χ0v) is 16.1. The number of para-hydroxylation sites is 1. The topological polar surface area (TPSA) is 74.6 Å². The third kappa shape index (κ3) is 4.15. The molecule has 2 N–H and O–H groups in total. The fraction of sp³-hybridized carbons (Fsp3) is 0.429. The zero-order chi connectivity index (χ0) is 19.4. The van der Waals surface area contributed by atoms with Gasteiger partial charge in [0.05, 0.1) is 6.26 Å². The Labute approximate surface area is 159 Å². The summed E-state index contributed by atoms with van der Waals surface area (Å²) in [5.74, 6) is 0.239. The van der Waals surface area contributed by atoms with Crippen molar-refractivity contribution in [2.75, 3.05) is 18.4 Å². The summed E-state index contributed by atoms with van der Waals surface area (Å²) in [7, 11) is 0. The maximum atomic E-state index is 13.0. The second-order valence-corrected chi connectivity index (χ2v) is 7.43. The summed E-state index contributed by atoms with van der Waals surface area (Å²) >= 11 is 0. The average molecular weight is 369 g/mol. The summed E-state index contributed by atoms with van der Waals surface area (Å²) in [5.41, 5.74) is 0.996. The van der Waals surface area contributed by atoms with E-state index >= 15 is 0 Å². The zero-order valence-electron chi connectivity index (χ0n) is 16.1. The molecule has 0 aliphatic carbocycles. The number of nitrogens with one attached hydrogen (secondary N) is 2. The quantitative estimate of drug-likeness (QED) is 0.849. The number of hydrogen-bond donors (Lipinski definition) is 2. The lowest BCUT2D eigenvalue weighted by molar-refractivity contribution is -0.127. The van der Waals surface area contributed by atoms with Crippen molar-refractivity contribution in [3.63, 3.8) is 0 Å². The van der Waals surface area contributed by atoms with Crippen LogP contribution in [0.4, 0.5) is 5.69 Å². The maximum absolute atomic E-state index is 13.0. The Balaban J connectivity index is 1.76. The fourth-order valence-corrected chi connectivity index (χ4v) is 3.43. The molecule has 1 aliphatic heterocycles. The number of carbonyl (C=O) groups excluding carboxylic acids is 2. The molecule has 6 nitrogen and oxygen atoms in total. The van der Waals surface area contributed by atoms with Gasteiger partial charge in [-0.2, -0.15) is 0 Å². The molecule has 2 heterocycles. The normalized spacial score (nSPS) is 16.2. The molecule has 2 amide bonds. The molecule has 0 bridgehead atoms. The van der Waals surface area contributed by atoms with E-state index < -0.39 is 5.54 Å². The minimum atomic E-state index is -0.736. The molecule has 3 rings (SSSR count). The molecule has 0 atom stereocenters. The first-order valence-corrected chi connectivity index (χ1v) is 9.39. The van der Waals surface area contributed by atoms with Crippen LogP contribution in [0.1, 0.15) is 42.8 Å². The van der Waals surface area contributed by atoms with Crippen LogP contribution in [0, 0.1) is 6.92 Å². The molecule has 0 saturated carbocycles. The van der Waals surface area contributed by atoms with Crippen molar-refractivity contribution < 1.29 is 14.0 Å². The number of piperidine rings is 1. The van der Waals surface area contributed by atoms with Crippen molar-refractivity contribution in [2.45, 2.75) is 45.2 Å². The Hall–Kier alpha value is -2.76. The van der Waals surface area contributed by atoms with Crippen molar-refractivity contribution in [2.24, 2.45) is 0 Å². The number of aryl methyl sites for hydroxylation is 1. The summed E-state index contributed by atoms with van der Waals surface area (Å²) in [6, 6.07) is 11.6. The second kappa shape index (κ2) is 7.86. The molecular weight excluding hydrogens is 342 g/mol. The van der Waals surface area contributed by atoms with Gasteiger partial charge in [-0.15, -0.1) is 0 Å². The lowest BCUT2D eigenvalue weighted by atomic mass is 9.85. The van der Waals surface area contributed by atoms with E-state index in [0.717, 1.165) is 11.3 Å². The van der Waals surface area contributed by atoms with Crippen LogP contribution in [-0.2, 0) is 4.79 Å². The molecule has 1 aromatic carbocycles. The number of hydrogen-bond acceptors (Lipinski definition) is 4. The Bertz CT molecular complexity index is 790. The smallest absolute Gasteiger partial charge is 0.289 e. The van der Waals surface area contributed by atoms with Gasteiger partial charge in [0, 0.05) is 30.4 Å². The molecule has 6 heteroatoms. The lowest BCUT2D eigenvalue weighted by Crippen LogP contribution is -2.60. The van der Waals surface area contributed by atoms with Crippen molar-refractivity contribution >= 4 is 17.5 Å². The second-order valence-electron chi connectivity index (χ2n) is 7.43. The van der Waals surface area contributed by atoms with Gasteiger partial charge >= 0.3 is 0 Å². The SMILES string of the molecule is Cc1ccoc1C(=O)N1CCC(Nc2ccccc2)(C(=O)NC(C)C)CC1. The highest BCUT2D eigenvalue weighted by Gasteiger charge is 2.43. The first-order valence-electron chi connectivity index (χ1n) is 9.39. The highest BCUT2D eigenvalue weighted by molar-refractivity contribution is 5.94. The summed E-state index contributed by atoms with van der Waals surface area (Å²) in [6.07, 6.45) is 2.60. The largest absolute Gasteiger partial charge is 0.459 e. The Morgan fingerprint density at radius 2 is 1.78 bits per heavy atom. The predicted molar refractivity (Wildman–Crippen MR) is 105 cm³/mol. The molecular formula is C21H27N3O3. The molecule has 0 radical (unpaired) electrons. The monoisotopic (exact) mass is 369 g/mol. The van der Waals surface area contributed by atoms with Gasteiger partial charge in [0.15, 0.2) is 5.76 Å². The minimum absolute atomic E-state index is 0.0253. The third-order valence-electron chi connectivity index (χ3n) is 4.97. The van der Waals surface area contributed by atoms with Gasteiger partial charge in [0.25, 0.3) is 5.91 Å². The summed E-state index contributed by atoms with van der Waals surface area (Å²) in [5, 5.41) is 6.46. The van der Waals surface area contributed by atoms with Gasteiger partial charge < -0.3 is 20.0 Å². The van der Waals surface area contributed by atoms with Crippen LogP contribution in [0.5, 0.6) is 0 Å². The Kier molecular flexibility index (Phi) is 5.54. The number of likely N-dealkylation sites (tertiary alicyclic amines) is 1. The number of benzene rings is 1. The Morgan fingerprint density at radius 1 is 1.11 bits per heavy atom. The number of anilines is 1. The maximum Gasteiger partial charge on any atom is 0.289 e. The molecule has 2 aromatic rings. The van der Waals surface area contributed by atoms with Crippen molar-refractivity contribution in [3.8, 4) is 0 Å². The summed E-state index contributed by atoms with van der Waals surface area (Å²) in [6.45, 7) is 6.74. The van der Waals surface area contributed by atoms with Gasteiger partial charge in [-0.25, -0.2) is 0 Å². The first-order chi connectivity index (χ1) is 12.9. The van der Waals surface area contributed by atoms with E-state index in [2.05, 4.69) is 10.6 Å². The predicted octanol–water partition coefficient (Wildman–Crippen LogP) is 3.20. The van der Waals surface area contributed by atoms with Gasteiger partial charge in [0.2, 0.25) is 5.91 Å². The first kappa shape index (κ1) is 19.0. The van der Waals surface area contributed by atoms with E-state index in [1.165, 1.54) is 6.26 Å². The van der Waals surface area contributed by atoms with Gasteiger partial charge in [0.1, 0.15) is 5.54 Å². The van der Waals surface area contributed by atoms with Crippen LogP contribution >= 0.6 is 0 Å². The summed E-state index contributed by atoms with van der Waals surface area (Å²) < 4.78 is 5.34. The molecule has 0 unspecified atom stereocenters. The lowest BCUT2D eigenvalue weighted by Gasteiger charge is -2.42. The standard InChI is InChI=1S/C21H27N3O3/c1-15(2)22-20(26)21(23-17-7-5-4-6-8-17)10-12-24(13-11-21)19(25)18-16(3)9-14-27-18/h4-9,14-15,23H,10-13H2,1-3H3,(H,22,26). The van der Waals surface area contributed by atoms with Gasteiger partial charge in [-0.1, -0.05) is 18.2 Å². The van der Waals surface area contributed by atoms with E-state index in [9.17, 15) is 9.59 Å². The van der Waals surface area contributed by atoms with Crippen LogP contribution in [0.2, 0.25) is 0 Å². The van der Waals surface area contributed by atoms with E-state index in [1.807, 2.05) is 51.1 Å². The molecule has 1 aromatic heterocycles. The number of amides is 2. The van der Waals surface area contributed by atoms with Crippen LogP contribution in [0.25, 0.3) is 0 Å². The molecule has 1 fully saturated rings. The Morgan fingerprint density at radius 3 is 2.33 bits per heavy atom. The van der Waals surface area contributed by atoms with Crippen molar-refractivity contribution in [1.29, 1.82) is 0 Å². The van der Waals surface area contributed by atoms with Gasteiger partial charge in [-0.3, -0.25) is 9.59 Å². The summed E-state index contributed by atoms with van der Waals surface area (Å²) in [4.78, 5) is 27.5. The third-order valence-corrected chi connectivity index (χ3v) is 4.97. The van der Waals surface area contributed by atoms with Crippen molar-refractivity contribution in [3.05, 3.63) is 54.0 Å². The molecule has 27 heavy (non-hydrogen) atoms. The number of nitrogens with zero attached hydrogens (tertiary/aromatic N) is 1. The fourth-order valence-electron chi connectivity index (χ4n) is 3.43. The van der Waals surface area contributed by atoms with E-state index in [-0.39, 0.29) is 17.9 Å². The number of carbonyl (C=O) groups is 2. The van der Waals surface area contributed by atoms with E-state index in [0.29, 0.717) is 31.7 Å². The minimum Gasteiger partial charge on any atom is -0.459 e. The van der Waals surface area contributed by atoms with Crippen LogP contribution < -0.4 is 10.6 Å². The molecule has 0 spiro atoms. The molecule has 1 saturated heterocycles. The van der Waals surface area contributed by atoms with E-state index in [1.54, 1.807) is 11.0 Å². The van der Waals surface area contributed by atoms with Crippen LogP contribution in [-0.4, -0.2) is 41.4 Å². The van der Waals surface area contributed by atoms with Crippen LogP contribution in [0.15, 0.2) is 47.1 Å². The molecule has 144 valence electrons. The highest BCUT2D eigenvalue weighted by Crippen LogP contribution is 2.29. The molecule has 1 aliphatic rings.